The third-order valence-electron chi connectivity index (χ3n) is 3.42. The van der Waals surface area contributed by atoms with Crippen molar-refractivity contribution in [3.05, 3.63) is 77.9 Å². The molecule has 3 aromatic rings. The van der Waals surface area contributed by atoms with Crippen molar-refractivity contribution in [3.8, 4) is 0 Å². The van der Waals surface area contributed by atoms with E-state index in [0.29, 0.717) is 12.2 Å². The zero-order valence-electron chi connectivity index (χ0n) is 12.9. The lowest BCUT2D eigenvalue weighted by molar-refractivity contribution is -0.137. The first-order valence-electron chi connectivity index (χ1n) is 7.33. The quantitative estimate of drug-likeness (QED) is 0.785. The van der Waals surface area contributed by atoms with Crippen molar-refractivity contribution in [3.63, 3.8) is 0 Å². The Kier molecular flexibility index (Phi) is 4.51. The average Bonchev–Trinajstić information content (AvgIpc) is 3.02. The molecule has 0 aliphatic rings. The Morgan fingerprint density at radius 2 is 1.88 bits per heavy atom. The molecule has 0 unspecified atom stereocenters. The van der Waals surface area contributed by atoms with Gasteiger partial charge in [0.15, 0.2) is 0 Å². The Hall–Kier alpha value is -3.16. The minimum atomic E-state index is -4.43. The SMILES string of the molecule is O=C(Nc1cnn(Cc2ccccn2)c1)c1ccc(C(F)(F)F)cc1. The molecular weight excluding hydrogens is 333 g/mol. The Labute approximate surface area is 141 Å². The zero-order valence-corrected chi connectivity index (χ0v) is 12.9. The molecule has 5 nitrogen and oxygen atoms in total. The van der Waals surface area contributed by atoms with Gasteiger partial charge in [-0.2, -0.15) is 18.3 Å². The molecule has 3 rings (SSSR count). The average molecular weight is 346 g/mol. The van der Waals surface area contributed by atoms with Crippen LogP contribution >= 0.6 is 0 Å². The fraction of sp³-hybridized carbons (Fsp3) is 0.118. The molecule has 0 aliphatic carbocycles. The van der Waals surface area contributed by atoms with Gasteiger partial charge in [-0.1, -0.05) is 6.07 Å². The highest BCUT2D eigenvalue weighted by atomic mass is 19.4. The van der Waals surface area contributed by atoms with Crippen LogP contribution in [0.1, 0.15) is 21.6 Å². The number of hydrogen-bond donors (Lipinski definition) is 1. The van der Waals surface area contributed by atoms with Gasteiger partial charge in [0.25, 0.3) is 5.91 Å². The second-order valence-corrected chi connectivity index (χ2v) is 5.28. The van der Waals surface area contributed by atoms with E-state index in [1.807, 2.05) is 18.2 Å². The molecule has 0 aliphatic heterocycles. The van der Waals surface area contributed by atoms with Gasteiger partial charge >= 0.3 is 6.18 Å². The normalized spacial score (nSPS) is 11.3. The summed E-state index contributed by atoms with van der Waals surface area (Å²) >= 11 is 0. The molecule has 25 heavy (non-hydrogen) atoms. The summed E-state index contributed by atoms with van der Waals surface area (Å²) in [5.74, 6) is -0.508. The van der Waals surface area contributed by atoms with Gasteiger partial charge in [0.05, 0.1) is 29.7 Å². The number of nitrogens with zero attached hydrogens (tertiary/aromatic N) is 3. The summed E-state index contributed by atoms with van der Waals surface area (Å²) in [6, 6.07) is 9.54. The molecule has 2 aromatic heterocycles. The first kappa shape index (κ1) is 16.7. The largest absolute Gasteiger partial charge is 0.416 e. The molecule has 1 N–H and O–H groups in total. The number of carbonyl (C=O) groups is 1. The number of anilines is 1. The van der Waals surface area contributed by atoms with Crippen LogP contribution in [0.15, 0.2) is 61.1 Å². The summed E-state index contributed by atoms with van der Waals surface area (Å²) in [6.07, 6.45) is 0.329. The monoisotopic (exact) mass is 346 g/mol. The molecule has 1 amide bonds. The van der Waals surface area contributed by atoms with Gasteiger partial charge in [0.1, 0.15) is 0 Å². The zero-order chi connectivity index (χ0) is 17.9. The Morgan fingerprint density at radius 3 is 2.52 bits per heavy atom. The van der Waals surface area contributed by atoms with Crippen LogP contribution in [0.2, 0.25) is 0 Å². The van der Waals surface area contributed by atoms with Crippen molar-refractivity contribution < 1.29 is 18.0 Å². The minimum Gasteiger partial charge on any atom is -0.319 e. The standard InChI is InChI=1S/C17H13F3N4O/c18-17(19,20)13-6-4-12(5-7-13)16(25)23-15-9-22-24(11-15)10-14-3-1-2-8-21-14/h1-9,11H,10H2,(H,23,25). The topological polar surface area (TPSA) is 59.8 Å². The molecular formula is C17H13F3N4O. The molecule has 8 heteroatoms. The smallest absolute Gasteiger partial charge is 0.319 e. The van der Waals surface area contributed by atoms with E-state index in [1.165, 1.54) is 6.20 Å². The van der Waals surface area contributed by atoms with Crippen LogP contribution in [0.4, 0.5) is 18.9 Å². The second-order valence-electron chi connectivity index (χ2n) is 5.28. The highest BCUT2D eigenvalue weighted by Crippen LogP contribution is 2.29. The van der Waals surface area contributed by atoms with Crippen molar-refractivity contribution in [1.29, 1.82) is 0 Å². The minimum absolute atomic E-state index is 0.130. The predicted octanol–water partition coefficient (Wildman–Crippen LogP) is 3.60. The van der Waals surface area contributed by atoms with Crippen molar-refractivity contribution >= 4 is 11.6 Å². The third kappa shape index (κ3) is 4.23. The lowest BCUT2D eigenvalue weighted by Gasteiger charge is -2.07. The van der Waals surface area contributed by atoms with E-state index in [4.69, 9.17) is 0 Å². The van der Waals surface area contributed by atoms with Gasteiger partial charge in [-0.3, -0.25) is 14.5 Å². The molecule has 128 valence electrons. The number of alkyl halides is 3. The van der Waals surface area contributed by atoms with Crippen LogP contribution in [0, 0.1) is 0 Å². The summed E-state index contributed by atoms with van der Waals surface area (Å²) in [7, 11) is 0. The number of benzene rings is 1. The van der Waals surface area contributed by atoms with Crippen LogP contribution in [0.5, 0.6) is 0 Å². The van der Waals surface area contributed by atoms with Crippen LogP contribution in [-0.4, -0.2) is 20.7 Å². The van der Waals surface area contributed by atoms with Gasteiger partial charge in [-0.05, 0) is 36.4 Å². The number of carbonyl (C=O) groups excluding carboxylic acids is 1. The summed E-state index contributed by atoms with van der Waals surface area (Å²) in [4.78, 5) is 16.3. The summed E-state index contributed by atoms with van der Waals surface area (Å²) in [6.45, 7) is 0.441. The second kappa shape index (κ2) is 6.76. The van der Waals surface area contributed by atoms with Gasteiger partial charge in [0, 0.05) is 18.0 Å². The molecule has 0 fully saturated rings. The Balaban J connectivity index is 1.65. The number of amides is 1. The first-order valence-corrected chi connectivity index (χ1v) is 7.33. The number of hydrogen-bond acceptors (Lipinski definition) is 3. The Bertz CT molecular complexity index is 858. The van der Waals surface area contributed by atoms with E-state index in [-0.39, 0.29) is 5.56 Å². The molecule has 0 saturated carbocycles. The van der Waals surface area contributed by atoms with E-state index in [9.17, 15) is 18.0 Å². The number of pyridine rings is 1. The van der Waals surface area contributed by atoms with E-state index in [2.05, 4.69) is 15.4 Å². The maximum absolute atomic E-state index is 12.5. The number of halogens is 3. The lowest BCUT2D eigenvalue weighted by atomic mass is 10.1. The van der Waals surface area contributed by atoms with Crippen molar-refractivity contribution in [2.24, 2.45) is 0 Å². The summed E-state index contributed by atoms with van der Waals surface area (Å²) in [5, 5.41) is 6.72. The molecule has 0 bridgehead atoms. The van der Waals surface area contributed by atoms with E-state index in [0.717, 1.165) is 30.0 Å². The molecule has 2 heterocycles. The maximum atomic E-state index is 12.5. The highest BCUT2D eigenvalue weighted by Gasteiger charge is 2.30. The first-order chi connectivity index (χ1) is 11.9. The van der Waals surface area contributed by atoms with Crippen LogP contribution in [0.25, 0.3) is 0 Å². The van der Waals surface area contributed by atoms with Crippen LogP contribution < -0.4 is 5.32 Å². The summed E-state index contributed by atoms with van der Waals surface area (Å²) < 4.78 is 39.2. The maximum Gasteiger partial charge on any atom is 0.416 e. The van der Waals surface area contributed by atoms with Crippen LogP contribution in [-0.2, 0) is 12.7 Å². The van der Waals surface area contributed by atoms with Gasteiger partial charge < -0.3 is 5.32 Å². The molecule has 0 radical (unpaired) electrons. The van der Waals surface area contributed by atoms with Crippen molar-refractivity contribution in [2.45, 2.75) is 12.7 Å². The third-order valence-corrected chi connectivity index (χ3v) is 3.42. The Morgan fingerprint density at radius 1 is 1.12 bits per heavy atom. The molecule has 1 aromatic carbocycles. The van der Waals surface area contributed by atoms with Crippen molar-refractivity contribution in [1.82, 2.24) is 14.8 Å². The highest BCUT2D eigenvalue weighted by molar-refractivity contribution is 6.04. The molecule has 0 saturated heterocycles. The molecule has 0 atom stereocenters. The van der Waals surface area contributed by atoms with Gasteiger partial charge in [-0.15, -0.1) is 0 Å². The fourth-order valence-electron chi connectivity index (χ4n) is 2.19. The predicted molar refractivity (Wildman–Crippen MR) is 85.0 cm³/mol. The van der Waals surface area contributed by atoms with E-state index >= 15 is 0 Å². The number of nitrogens with one attached hydrogen (secondary N) is 1. The summed E-state index contributed by atoms with van der Waals surface area (Å²) in [5.41, 5.74) is 0.588. The number of aromatic nitrogens is 3. The number of rotatable bonds is 4. The van der Waals surface area contributed by atoms with E-state index < -0.39 is 17.6 Å². The van der Waals surface area contributed by atoms with Gasteiger partial charge in [-0.25, -0.2) is 0 Å². The van der Waals surface area contributed by atoms with Crippen molar-refractivity contribution in [2.75, 3.05) is 5.32 Å². The van der Waals surface area contributed by atoms with E-state index in [1.54, 1.807) is 17.1 Å². The fourth-order valence-corrected chi connectivity index (χ4v) is 2.19. The van der Waals surface area contributed by atoms with Gasteiger partial charge in [0.2, 0.25) is 0 Å². The molecule has 0 spiro atoms. The lowest BCUT2D eigenvalue weighted by Crippen LogP contribution is -2.12. The van der Waals surface area contributed by atoms with Crippen LogP contribution in [0.3, 0.4) is 0 Å².